The number of aromatic nitrogens is 1. The molecule has 1 aliphatic heterocycles. The zero-order valence-corrected chi connectivity index (χ0v) is 19.2. The maximum atomic E-state index is 13.2. The molecule has 1 saturated heterocycles. The molecule has 6 nitrogen and oxygen atoms in total. The van der Waals surface area contributed by atoms with Crippen LogP contribution in [0.4, 0.5) is 0 Å². The van der Waals surface area contributed by atoms with Crippen LogP contribution < -0.4 is 4.74 Å². The molecule has 1 fully saturated rings. The van der Waals surface area contributed by atoms with Crippen molar-refractivity contribution in [3.05, 3.63) is 101 Å². The first kappa shape index (κ1) is 23.2. The van der Waals surface area contributed by atoms with Crippen LogP contribution in [0.1, 0.15) is 42.5 Å². The van der Waals surface area contributed by atoms with Crippen LogP contribution in [-0.4, -0.2) is 39.8 Å². The Morgan fingerprint density at radius 1 is 1.03 bits per heavy atom. The van der Waals surface area contributed by atoms with E-state index in [-0.39, 0.29) is 11.3 Å². The Morgan fingerprint density at radius 2 is 1.79 bits per heavy atom. The number of Topliss-reactive ketones (excluding diaryl/α,β-unsaturated/α-hetero) is 1. The summed E-state index contributed by atoms with van der Waals surface area (Å²) in [5.41, 5.74) is 2.30. The smallest absolute Gasteiger partial charge is 0.295 e. The third kappa shape index (κ3) is 5.01. The largest absolute Gasteiger partial charge is 0.507 e. The summed E-state index contributed by atoms with van der Waals surface area (Å²) in [7, 11) is 0. The Kier molecular flexibility index (Phi) is 7.38. The number of amides is 1. The van der Waals surface area contributed by atoms with Gasteiger partial charge in [-0.2, -0.15) is 0 Å². The number of likely N-dealkylation sites (tertiary alicyclic amines) is 1. The van der Waals surface area contributed by atoms with E-state index < -0.39 is 17.7 Å². The van der Waals surface area contributed by atoms with E-state index in [9.17, 15) is 14.7 Å². The van der Waals surface area contributed by atoms with Crippen molar-refractivity contribution in [1.82, 2.24) is 9.88 Å². The predicted octanol–water partition coefficient (Wildman–Crippen LogP) is 4.92. The Bertz CT molecular complexity index is 1180. The number of hydrogen-bond acceptors (Lipinski definition) is 5. The van der Waals surface area contributed by atoms with Gasteiger partial charge in [0.05, 0.1) is 18.2 Å². The SMILES string of the molecule is CCCCOc1cccc(C2C(=C(O)c3ccncc3)C(=O)C(=O)N2CCc2ccccc2)c1. The van der Waals surface area contributed by atoms with Crippen LogP contribution in [0.25, 0.3) is 5.76 Å². The lowest BCUT2D eigenvalue weighted by molar-refractivity contribution is -0.139. The summed E-state index contributed by atoms with van der Waals surface area (Å²) in [5, 5.41) is 11.1. The van der Waals surface area contributed by atoms with E-state index in [0.717, 1.165) is 24.0 Å². The minimum atomic E-state index is -0.716. The maximum Gasteiger partial charge on any atom is 0.295 e. The van der Waals surface area contributed by atoms with Crippen LogP contribution in [0.15, 0.2) is 84.7 Å². The van der Waals surface area contributed by atoms with Crippen LogP contribution in [0.5, 0.6) is 5.75 Å². The highest BCUT2D eigenvalue weighted by Gasteiger charge is 2.45. The Hall–Kier alpha value is -3.93. The lowest BCUT2D eigenvalue weighted by Crippen LogP contribution is -2.31. The van der Waals surface area contributed by atoms with Gasteiger partial charge in [-0.1, -0.05) is 55.8 Å². The van der Waals surface area contributed by atoms with E-state index in [4.69, 9.17) is 4.74 Å². The molecule has 0 aliphatic carbocycles. The number of nitrogens with zero attached hydrogens (tertiary/aromatic N) is 2. The first-order valence-electron chi connectivity index (χ1n) is 11.6. The van der Waals surface area contributed by atoms with Crippen molar-refractivity contribution in [3.8, 4) is 5.75 Å². The summed E-state index contributed by atoms with van der Waals surface area (Å²) >= 11 is 0. The quantitative estimate of drug-likeness (QED) is 0.214. The fourth-order valence-electron chi connectivity index (χ4n) is 4.13. The highest BCUT2D eigenvalue weighted by molar-refractivity contribution is 6.46. The van der Waals surface area contributed by atoms with Gasteiger partial charge in [-0.15, -0.1) is 0 Å². The zero-order valence-electron chi connectivity index (χ0n) is 19.2. The molecule has 0 radical (unpaired) electrons. The first-order valence-corrected chi connectivity index (χ1v) is 11.6. The summed E-state index contributed by atoms with van der Waals surface area (Å²) in [6.07, 6.45) is 5.62. The normalized spacial score (nSPS) is 17.2. The third-order valence-electron chi connectivity index (χ3n) is 5.92. The fourth-order valence-corrected chi connectivity index (χ4v) is 4.13. The molecular formula is C28H28N2O4. The highest BCUT2D eigenvalue weighted by Crippen LogP contribution is 2.40. The van der Waals surface area contributed by atoms with Gasteiger partial charge in [0, 0.05) is 24.5 Å². The van der Waals surface area contributed by atoms with Crippen molar-refractivity contribution in [3.63, 3.8) is 0 Å². The van der Waals surface area contributed by atoms with Crippen molar-refractivity contribution in [2.24, 2.45) is 0 Å². The number of pyridine rings is 1. The van der Waals surface area contributed by atoms with Gasteiger partial charge < -0.3 is 14.7 Å². The number of ketones is 1. The number of rotatable bonds is 9. The summed E-state index contributed by atoms with van der Waals surface area (Å²) < 4.78 is 5.87. The molecule has 174 valence electrons. The van der Waals surface area contributed by atoms with E-state index in [1.165, 1.54) is 12.4 Å². The van der Waals surface area contributed by atoms with Gasteiger partial charge in [0.25, 0.3) is 11.7 Å². The van der Waals surface area contributed by atoms with Gasteiger partial charge in [-0.05, 0) is 48.2 Å². The summed E-state index contributed by atoms with van der Waals surface area (Å²) in [5.74, 6) is -0.840. The monoisotopic (exact) mass is 456 g/mol. The van der Waals surface area contributed by atoms with Crippen LogP contribution in [-0.2, 0) is 16.0 Å². The number of benzene rings is 2. The highest BCUT2D eigenvalue weighted by atomic mass is 16.5. The van der Waals surface area contributed by atoms with Gasteiger partial charge in [0.1, 0.15) is 11.5 Å². The number of carbonyl (C=O) groups is 2. The molecular weight excluding hydrogens is 428 g/mol. The Balaban J connectivity index is 1.74. The molecule has 1 aliphatic rings. The third-order valence-corrected chi connectivity index (χ3v) is 5.92. The van der Waals surface area contributed by atoms with Gasteiger partial charge in [0.15, 0.2) is 0 Å². The average Bonchev–Trinajstić information content (AvgIpc) is 3.13. The van der Waals surface area contributed by atoms with E-state index in [0.29, 0.717) is 30.9 Å². The van der Waals surface area contributed by atoms with Crippen LogP contribution in [0, 0.1) is 0 Å². The molecule has 2 aromatic carbocycles. The number of ether oxygens (including phenoxy) is 1. The van der Waals surface area contributed by atoms with Crippen LogP contribution in [0.2, 0.25) is 0 Å². The second-order valence-corrected chi connectivity index (χ2v) is 8.24. The molecule has 1 N–H and O–H groups in total. The molecule has 0 bridgehead atoms. The average molecular weight is 457 g/mol. The van der Waals surface area contributed by atoms with Crippen molar-refractivity contribution in [2.45, 2.75) is 32.2 Å². The van der Waals surface area contributed by atoms with Crippen molar-refractivity contribution in [2.75, 3.05) is 13.2 Å². The van der Waals surface area contributed by atoms with Crippen molar-refractivity contribution >= 4 is 17.4 Å². The van der Waals surface area contributed by atoms with E-state index >= 15 is 0 Å². The second kappa shape index (κ2) is 10.8. The van der Waals surface area contributed by atoms with E-state index in [1.54, 1.807) is 17.0 Å². The first-order chi connectivity index (χ1) is 16.6. The fraction of sp³-hybridized carbons (Fsp3) is 0.250. The summed E-state index contributed by atoms with van der Waals surface area (Å²) in [4.78, 5) is 31.8. The Morgan fingerprint density at radius 3 is 2.53 bits per heavy atom. The van der Waals surface area contributed by atoms with Gasteiger partial charge in [-0.25, -0.2) is 0 Å². The Labute approximate surface area is 199 Å². The minimum Gasteiger partial charge on any atom is -0.507 e. The molecule has 3 aromatic rings. The number of carbonyl (C=O) groups excluding carboxylic acids is 2. The summed E-state index contributed by atoms with van der Waals surface area (Å²) in [6.45, 7) is 3.03. The van der Waals surface area contributed by atoms with Gasteiger partial charge >= 0.3 is 0 Å². The van der Waals surface area contributed by atoms with Gasteiger partial charge in [-0.3, -0.25) is 14.6 Å². The molecule has 6 heteroatoms. The zero-order chi connectivity index (χ0) is 23.9. The number of unbranched alkanes of at least 4 members (excludes halogenated alkanes) is 1. The number of aliphatic hydroxyl groups excluding tert-OH is 1. The lowest BCUT2D eigenvalue weighted by Gasteiger charge is -2.26. The van der Waals surface area contributed by atoms with E-state index in [1.807, 2.05) is 54.6 Å². The topological polar surface area (TPSA) is 79.7 Å². The molecule has 1 atom stereocenters. The molecule has 0 saturated carbocycles. The van der Waals surface area contributed by atoms with Crippen molar-refractivity contribution in [1.29, 1.82) is 0 Å². The second-order valence-electron chi connectivity index (χ2n) is 8.24. The molecule has 1 amide bonds. The number of aliphatic hydroxyl groups is 1. The molecule has 1 unspecified atom stereocenters. The number of hydrogen-bond donors (Lipinski definition) is 1. The molecule has 4 rings (SSSR count). The molecule has 0 spiro atoms. The van der Waals surface area contributed by atoms with E-state index in [2.05, 4.69) is 11.9 Å². The maximum absolute atomic E-state index is 13.2. The van der Waals surface area contributed by atoms with Gasteiger partial charge in [0.2, 0.25) is 0 Å². The van der Waals surface area contributed by atoms with Crippen LogP contribution >= 0.6 is 0 Å². The van der Waals surface area contributed by atoms with Crippen LogP contribution in [0.3, 0.4) is 0 Å². The summed E-state index contributed by atoms with van der Waals surface area (Å²) in [6, 6.07) is 19.7. The molecule has 1 aromatic heterocycles. The lowest BCUT2D eigenvalue weighted by atomic mass is 9.95. The molecule has 34 heavy (non-hydrogen) atoms. The predicted molar refractivity (Wildman–Crippen MR) is 130 cm³/mol. The minimum absolute atomic E-state index is 0.0787. The van der Waals surface area contributed by atoms with Crippen molar-refractivity contribution < 1.29 is 19.4 Å². The standard InChI is InChI=1S/C28H28N2O4/c1-2-3-18-34-23-11-7-10-22(19-23)25-24(26(31)21-12-15-29-16-13-21)27(32)28(33)30(25)17-14-20-8-5-4-6-9-20/h4-13,15-16,19,25,31H,2-3,14,17-18H2,1H3. The molecule has 2 heterocycles.